The van der Waals surface area contributed by atoms with Crippen LogP contribution in [0.15, 0.2) is 41.1 Å². The Balaban J connectivity index is 1.69. The lowest BCUT2D eigenvalue weighted by atomic mass is 10.0. The maximum absolute atomic E-state index is 12.6. The predicted molar refractivity (Wildman–Crippen MR) is 89.8 cm³/mol. The minimum atomic E-state index is 0.153. The molecule has 3 rings (SSSR count). The lowest BCUT2D eigenvalue weighted by Gasteiger charge is -2.33. The van der Waals surface area contributed by atoms with E-state index < -0.39 is 0 Å². The number of aromatic nitrogens is 2. The summed E-state index contributed by atoms with van der Waals surface area (Å²) in [5.74, 6) is 0.153. The zero-order valence-electron chi connectivity index (χ0n) is 12.7. The molecular weight excluding hydrogens is 342 g/mol. The van der Waals surface area contributed by atoms with Crippen molar-refractivity contribution >= 4 is 21.8 Å². The number of halogens is 1. The number of likely N-dealkylation sites (tertiary alicyclic amines) is 1. The average Bonchev–Trinajstić information content (AvgIpc) is 2.93. The van der Waals surface area contributed by atoms with Crippen LogP contribution in [0.3, 0.4) is 0 Å². The fourth-order valence-electron chi connectivity index (χ4n) is 2.93. The number of rotatable bonds is 3. The van der Waals surface area contributed by atoms with Crippen molar-refractivity contribution in [2.45, 2.75) is 38.8 Å². The molecule has 2 heterocycles. The van der Waals surface area contributed by atoms with E-state index in [9.17, 15) is 4.79 Å². The maximum atomic E-state index is 12.6. The van der Waals surface area contributed by atoms with E-state index in [-0.39, 0.29) is 5.91 Å². The van der Waals surface area contributed by atoms with E-state index in [1.165, 1.54) is 6.42 Å². The van der Waals surface area contributed by atoms with Crippen LogP contribution in [0, 0.1) is 0 Å². The first-order valence-corrected chi connectivity index (χ1v) is 8.50. The molecule has 1 aromatic heterocycles. The molecule has 2 aromatic rings. The number of hydrogen-bond donors (Lipinski definition) is 0. The summed E-state index contributed by atoms with van der Waals surface area (Å²) < 4.78 is 2.84. The SMILES string of the molecule is C[C@@H]1CCCCN1C(=O)c1ccc(Cn2cc(Br)cn2)cc1. The second kappa shape index (κ2) is 6.65. The Labute approximate surface area is 139 Å². The van der Waals surface area contributed by atoms with E-state index in [1.54, 1.807) is 6.20 Å². The summed E-state index contributed by atoms with van der Waals surface area (Å²) in [4.78, 5) is 14.6. The van der Waals surface area contributed by atoms with Crippen molar-refractivity contribution in [3.8, 4) is 0 Å². The number of carbonyl (C=O) groups is 1. The van der Waals surface area contributed by atoms with Gasteiger partial charge < -0.3 is 4.90 Å². The number of nitrogens with zero attached hydrogens (tertiary/aromatic N) is 3. The van der Waals surface area contributed by atoms with E-state index in [4.69, 9.17) is 0 Å². The lowest BCUT2D eigenvalue weighted by molar-refractivity contribution is 0.0635. The Morgan fingerprint density at radius 1 is 1.32 bits per heavy atom. The highest BCUT2D eigenvalue weighted by Gasteiger charge is 2.23. The molecule has 0 unspecified atom stereocenters. The molecule has 1 aliphatic rings. The Kier molecular flexibility index (Phi) is 4.62. The molecule has 0 radical (unpaired) electrons. The van der Waals surface area contributed by atoms with Gasteiger partial charge in [-0.2, -0.15) is 5.10 Å². The van der Waals surface area contributed by atoms with Gasteiger partial charge in [0.25, 0.3) is 5.91 Å². The largest absolute Gasteiger partial charge is 0.336 e. The Hall–Kier alpha value is -1.62. The van der Waals surface area contributed by atoms with Crippen molar-refractivity contribution in [2.75, 3.05) is 6.54 Å². The van der Waals surface area contributed by atoms with Crippen LogP contribution in [-0.4, -0.2) is 33.2 Å². The first-order valence-electron chi connectivity index (χ1n) is 7.71. The van der Waals surface area contributed by atoms with Gasteiger partial charge in [-0.3, -0.25) is 9.48 Å². The zero-order chi connectivity index (χ0) is 15.5. The number of carbonyl (C=O) groups excluding carboxylic acids is 1. The van der Waals surface area contributed by atoms with Crippen LogP contribution in [0.1, 0.15) is 42.1 Å². The summed E-state index contributed by atoms with van der Waals surface area (Å²) in [6.45, 7) is 3.73. The molecule has 1 aromatic carbocycles. The minimum Gasteiger partial charge on any atom is -0.336 e. The lowest BCUT2D eigenvalue weighted by Crippen LogP contribution is -2.42. The molecule has 116 valence electrons. The average molecular weight is 362 g/mol. The number of piperidine rings is 1. The standard InChI is InChI=1S/C17H20BrN3O/c1-13-4-2-3-9-21(13)17(22)15-7-5-14(6-8-15)11-20-12-16(18)10-19-20/h5-8,10,12-13H,2-4,9,11H2,1H3/t13-/m1/s1. The van der Waals surface area contributed by atoms with Gasteiger partial charge in [0.05, 0.1) is 17.2 Å². The summed E-state index contributed by atoms with van der Waals surface area (Å²) >= 11 is 3.39. The molecule has 0 spiro atoms. The molecule has 1 atom stereocenters. The van der Waals surface area contributed by atoms with Crippen molar-refractivity contribution in [2.24, 2.45) is 0 Å². The molecule has 1 amide bonds. The van der Waals surface area contributed by atoms with E-state index in [0.29, 0.717) is 12.6 Å². The fourth-order valence-corrected chi connectivity index (χ4v) is 3.26. The van der Waals surface area contributed by atoms with Crippen LogP contribution in [-0.2, 0) is 6.54 Å². The third kappa shape index (κ3) is 3.40. The molecule has 0 aliphatic carbocycles. The van der Waals surface area contributed by atoms with Crippen molar-refractivity contribution in [3.63, 3.8) is 0 Å². The van der Waals surface area contributed by atoms with Gasteiger partial charge in [-0.15, -0.1) is 0 Å². The van der Waals surface area contributed by atoms with Gasteiger partial charge in [0.2, 0.25) is 0 Å². The molecule has 0 N–H and O–H groups in total. The Morgan fingerprint density at radius 3 is 2.73 bits per heavy atom. The van der Waals surface area contributed by atoms with Crippen molar-refractivity contribution in [3.05, 3.63) is 52.3 Å². The molecular formula is C17H20BrN3O. The second-order valence-corrected chi connectivity index (χ2v) is 6.81. The molecule has 22 heavy (non-hydrogen) atoms. The highest BCUT2D eigenvalue weighted by atomic mass is 79.9. The molecule has 5 heteroatoms. The second-order valence-electron chi connectivity index (χ2n) is 5.90. The Bertz CT molecular complexity index is 650. The fraction of sp³-hybridized carbons (Fsp3) is 0.412. The number of hydrogen-bond acceptors (Lipinski definition) is 2. The summed E-state index contributed by atoms with van der Waals surface area (Å²) in [5.41, 5.74) is 1.91. The van der Waals surface area contributed by atoms with Gasteiger partial charge in [-0.1, -0.05) is 12.1 Å². The monoisotopic (exact) mass is 361 g/mol. The topological polar surface area (TPSA) is 38.1 Å². The van der Waals surface area contributed by atoms with Crippen LogP contribution in [0.25, 0.3) is 0 Å². The normalized spacial score (nSPS) is 18.5. The quantitative estimate of drug-likeness (QED) is 0.835. The highest BCUT2D eigenvalue weighted by molar-refractivity contribution is 9.10. The first kappa shape index (κ1) is 15.3. The van der Waals surface area contributed by atoms with Gasteiger partial charge in [0, 0.05) is 24.3 Å². The third-order valence-electron chi connectivity index (χ3n) is 4.21. The van der Waals surface area contributed by atoms with Gasteiger partial charge in [0.1, 0.15) is 0 Å². The molecule has 1 aliphatic heterocycles. The molecule has 1 fully saturated rings. The number of benzene rings is 1. The van der Waals surface area contributed by atoms with Gasteiger partial charge in [-0.05, 0) is 59.8 Å². The highest BCUT2D eigenvalue weighted by Crippen LogP contribution is 2.19. The van der Waals surface area contributed by atoms with Crippen LogP contribution < -0.4 is 0 Å². The van der Waals surface area contributed by atoms with E-state index in [1.807, 2.05) is 40.0 Å². The molecule has 0 bridgehead atoms. The zero-order valence-corrected chi connectivity index (χ0v) is 14.3. The van der Waals surface area contributed by atoms with E-state index >= 15 is 0 Å². The minimum absolute atomic E-state index is 0.153. The van der Waals surface area contributed by atoms with E-state index in [2.05, 4.69) is 28.0 Å². The van der Waals surface area contributed by atoms with Crippen molar-refractivity contribution in [1.29, 1.82) is 0 Å². The molecule has 1 saturated heterocycles. The van der Waals surface area contributed by atoms with Crippen LogP contribution in [0.2, 0.25) is 0 Å². The van der Waals surface area contributed by atoms with Crippen LogP contribution in [0.5, 0.6) is 0 Å². The van der Waals surface area contributed by atoms with E-state index in [0.717, 1.165) is 35.0 Å². The van der Waals surface area contributed by atoms with Crippen molar-refractivity contribution in [1.82, 2.24) is 14.7 Å². The molecule has 4 nitrogen and oxygen atoms in total. The Morgan fingerprint density at radius 2 is 2.09 bits per heavy atom. The summed E-state index contributed by atoms with van der Waals surface area (Å²) in [6, 6.07) is 8.23. The van der Waals surface area contributed by atoms with Crippen molar-refractivity contribution < 1.29 is 4.79 Å². The van der Waals surface area contributed by atoms with Crippen LogP contribution in [0.4, 0.5) is 0 Å². The summed E-state index contributed by atoms with van der Waals surface area (Å²) in [7, 11) is 0. The van der Waals surface area contributed by atoms with Gasteiger partial charge in [0.15, 0.2) is 0 Å². The maximum Gasteiger partial charge on any atom is 0.254 e. The summed E-state index contributed by atoms with van der Waals surface area (Å²) in [6.07, 6.45) is 7.16. The number of amides is 1. The first-order chi connectivity index (χ1) is 10.6. The predicted octanol–water partition coefficient (Wildman–Crippen LogP) is 3.71. The summed E-state index contributed by atoms with van der Waals surface area (Å²) in [5, 5.41) is 4.25. The van der Waals surface area contributed by atoms with Crippen LogP contribution >= 0.6 is 15.9 Å². The smallest absolute Gasteiger partial charge is 0.254 e. The van der Waals surface area contributed by atoms with Gasteiger partial charge in [-0.25, -0.2) is 0 Å². The van der Waals surface area contributed by atoms with Gasteiger partial charge >= 0.3 is 0 Å². The molecule has 0 saturated carbocycles. The third-order valence-corrected chi connectivity index (χ3v) is 4.62.